The van der Waals surface area contributed by atoms with Gasteiger partial charge in [0, 0.05) is 30.9 Å². The molecule has 2 rings (SSSR count). The molecule has 0 aromatic heterocycles. The van der Waals surface area contributed by atoms with Gasteiger partial charge in [0.15, 0.2) is 0 Å². The molecule has 1 aliphatic rings. The Morgan fingerprint density at radius 2 is 2.21 bits per heavy atom. The topological polar surface area (TPSA) is 61.8 Å². The molecule has 0 spiro atoms. The Morgan fingerprint density at radius 1 is 1.47 bits per heavy atom. The highest BCUT2D eigenvalue weighted by atomic mass is 16.5. The van der Waals surface area contributed by atoms with Gasteiger partial charge in [-0.2, -0.15) is 0 Å². The van der Waals surface area contributed by atoms with E-state index in [1.807, 2.05) is 24.3 Å². The van der Waals surface area contributed by atoms with E-state index in [4.69, 9.17) is 9.84 Å². The Morgan fingerprint density at radius 3 is 2.84 bits per heavy atom. The zero-order valence-corrected chi connectivity index (χ0v) is 11.1. The molecular formula is C14H20N2O3. The number of carbonyl (C=O) groups excluding carboxylic acids is 1. The molecule has 0 bridgehead atoms. The Hall–Kier alpha value is -1.75. The first-order valence-corrected chi connectivity index (χ1v) is 6.52. The lowest BCUT2D eigenvalue weighted by molar-refractivity contribution is -0.135. The molecule has 1 fully saturated rings. The van der Waals surface area contributed by atoms with E-state index in [-0.39, 0.29) is 5.91 Å². The number of ether oxygens (including phenoxy) is 1. The maximum absolute atomic E-state index is 11.4. The van der Waals surface area contributed by atoms with Crippen LogP contribution in [0.1, 0.15) is 12.8 Å². The van der Waals surface area contributed by atoms with Crippen LogP contribution < -0.4 is 10.1 Å². The summed E-state index contributed by atoms with van der Waals surface area (Å²) in [7, 11) is 1.65. The molecule has 0 atom stereocenters. The number of aliphatic hydroxyl groups excluding tert-OH is 1. The molecule has 2 N–H and O–H groups in total. The molecule has 104 valence electrons. The van der Waals surface area contributed by atoms with Crippen LogP contribution in [0.4, 0.5) is 5.69 Å². The lowest BCUT2D eigenvalue weighted by atomic mass is 10.0. The number of carbonyl (C=O) groups is 1. The van der Waals surface area contributed by atoms with Gasteiger partial charge < -0.3 is 20.1 Å². The molecule has 1 amide bonds. The number of nitrogens with one attached hydrogen (secondary N) is 1. The molecule has 1 aliphatic heterocycles. The minimum atomic E-state index is -0.395. The van der Waals surface area contributed by atoms with Gasteiger partial charge in [0.2, 0.25) is 5.91 Å². The van der Waals surface area contributed by atoms with Crippen molar-refractivity contribution in [3.63, 3.8) is 0 Å². The van der Waals surface area contributed by atoms with Gasteiger partial charge in [-0.3, -0.25) is 4.79 Å². The van der Waals surface area contributed by atoms with Crippen molar-refractivity contribution >= 4 is 11.6 Å². The lowest BCUT2D eigenvalue weighted by Crippen LogP contribution is -2.43. The molecule has 5 nitrogen and oxygen atoms in total. The number of likely N-dealkylation sites (tertiary alicyclic amines) is 1. The number of amides is 1. The average Bonchev–Trinajstić information content (AvgIpc) is 2.47. The van der Waals surface area contributed by atoms with Crippen LogP contribution in [0.5, 0.6) is 5.75 Å². The Bertz CT molecular complexity index is 428. The minimum absolute atomic E-state index is 0.181. The average molecular weight is 264 g/mol. The van der Waals surface area contributed by atoms with Crippen molar-refractivity contribution in [3.05, 3.63) is 24.3 Å². The van der Waals surface area contributed by atoms with Gasteiger partial charge in [-0.1, -0.05) is 6.07 Å². The fourth-order valence-corrected chi connectivity index (χ4v) is 2.32. The number of anilines is 1. The predicted molar refractivity (Wildman–Crippen MR) is 73.3 cm³/mol. The lowest BCUT2D eigenvalue weighted by Gasteiger charge is -2.32. The van der Waals surface area contributed by atoms with Crippen LogP contribution >= 0.6 is 0 Å². The quantitative estimate of drug-likeness (QED) is 0.854. The summed E-state index contributed by atoms with van der Waals surface area (Å²) in [5, 5.41) is 12.3. The SMILES string of the molecule is COc1cccc(NC2CCN(C(=O)CO)CC2)c1. The van der Waals surface area contributed by atoms with E-state index in [0.717, 1.165) is 24.3 Å². The van der Waals surface area contributed by atoms with Gasteiger partial charge in [-0.05, 0) is 25.0 Å². The number of rotatable bonds is 4. The molecule has 1 saturated heterocycles. The second-order valence-electron chi connectivity index (χ2n) is 4.69. The molecule has 0 aliphatic carbocycles. The fourth-order valence-electron chi connectivity index (χ4n) is 2.32. The van der Waals surface area contributed by atoms with Gasteiger partial charge in [0.25, 0.3) is 0 Å². The van der Waals surface area contributed by atoms with Gasteiger partial charge >= 0.3 is 0 Å². The molecule has 1 aromatic rings. The van der Waals surface area contributed by atoms with Crippen molar-refractivity contribution in [2.45, 2.75) is 18.9 Å². The van der Waals surface area contributed by atoms with E-state index >= 15 is 0 Å². The number of methoxy groups -OCH3 is 1. The molecule has 0 radical (unpaired) electrons. The Kier molecular flexibility index (Phi) is 4.63. The minimum Gasteiger partial charge on any atom is -0.497 e. The second kappa shape index (κ2) is 6.43. The first kappa shape index (κ1) is 13.7. The monoisotopic (exact) mass is 264 g/mol. The van der Waals surface area contributed by atoms with Crippen molar-refractivity contribution in [3.8, 4) is 5.75 Å². The summed E-state index contributed by atoms with van der Waals surface area (Å²) < 4.78 is 5.19. The van der Waals surface area contributed by atoms with Crippen LogP contribution in [0.3, 0.4) is 0 Å². The normalized spacial score (nSPS) is 16.2. The highest BCUT2D eigenvalue weighted by molar-refractivity contribution is 5.77. The summed E-state index contributed by atoms with van der Waals surface area (Å²) in [6.07, 6.45) is 1.78. The Labute approximate surface area is 113 Å². The molecule has 0 unspecified atom stereocenters. The van der Waals surface area contributed by atoms with Crippen LogP contribution in [-0.4, -0.2) is 48.8 Å². The smallest absolute Gasteiger partial charge is 0.248 e. The third-order valence-corrected chi connectivity index (χ3v) is 3.42. The van der Waals surface area contributed by atoms with Crippen LogP contribution in [-0.2, 0) is 4.79 Å². The van der Waals surface area contributed by atoms with Crippen molar-refractivity contribution in [2.24, 2.45) is 0 Å². The number of piperidine rings is 1. The largest absolute Gasteiger partial charge is 0.497 e. The van der Waals surface area contributed by atoms with Crippen molar-refractivity contribution < 1.29 is 14.6 Å². The summed E-state index contributed by atoms with van der Waals surface area (Å²) in [6.45, 7) is 0.996. The second-order valence-corrected chi connectivity index (χ2v) is 4.69. The zero-order valence-electron chi connectivity index (χ0n) is 11.1. The summed E-state index contributed by atoms with van der Waals surface area (Å²) in [4.78, 5) is 13.1. The highest BCUT2D eigenvalue weighted by Crippen LogP contribution is 2.20. The summed E-state index contributed by atoms with van der Waals surface area (Å²) in [6, 6.07) is 8.19. The summed E-state index contributed by atoms with van der Waals surface area (Å²) in [5.41, 5.74) is 1.03. The summed E-state index contributed by atoms with van der Waals surface area (Å²) in [5.74, 6) is 0.651. The van der Waals surface area contributed by atoms with E-state index < -0.39 is 6.61 Å². The van der Waals surface area contributed by atoms with E-state index in [2.05, 4.69) is 5.32 Å². The maximum Gasteiger partial charge on any atom is 0.248 e. The third-order valence-electron chi connectivity index (χ3n) is 3.42. The van der Waals surface area contributed by atoms with E-state index in [9.17, 15) is 4.79 Å². The summed E-state index contributed by atoms with van der Waals surface area (Å²) >= 11 is 0. The number of hydrogen-bond donors (Lipinski definition) is 2. The molecule has 0 saturated carbocycles. The predicted octanol–water partition coefficient (Wildman–Crippen LogP) is 1.09. The van der Waals surface area contributed by atoms with E-state index in [1.165, 1.54) is 0 Å². The Balaban J connectivity index is 1.86. The number of nitrogens with zero attached hydrogens (tertiary/aromatic N) is 1. The van der Waals surface area contributed by atoms with Crippen molar-refractivity contribution in [1.82, 2.24) is 4.90 Å². The maximum atomic E-state index is 11.4. The third kappa shape index (κ3) is 3.61. The highest BCUT2D eigenvalue weighted by Gasteiger charge is 2.21. The number of benzene rings is 1. The molecular weight excluding hydrogens is 244 g/mol. The van der Waals surface area contributed by atoms with Gasteiger partial charge in [0.05, 0.1) is 7.11 Å². The van der Waals surface area contributed by atoms with Crippen LogP contribution in [0.25, 0.3) is 0 Å². The van der Waals surface area contributed by atoms with Crippen LogP contribution in [0.2, 0.25) is 0 Å². The van der Waals surface area contributed by atoms with Crippen LogP contribution in [0.15, 0.2) is 24.3 Å². The van der Waals surface area contributed by atoms with E-state index in [1.54, 1.807) is 12.0 Å². The van der Waals surface area contributed by atoms with E-state index in [0.29, 0.717) is 19.1 Å². The first-order valence-electron chi connectivity index (χ1n) is 6.52. The zero-order chi connectivity index (χ0) is 13.7. The fraction of sp³-hybridized carbons (Fsp3) is 0.500. The standard InChI is InChI=1S/C14H20N2O3/c1-19-13-4-2-3-12(9-13)15-11-5-7-16(8-6-11)14(18)10-17/h2-4,9,11,15,17H,5-8,10H2,1H3. The van der Waals surface area contributed by atoms with Crippen LogP contribution in [0, 0.1) is 0 Å². The van der Waals surface area contributed by atoms with Gasteiger partial charge in [-0.25, -0.2) is 0 Å². The number of aliphatic hydroxyl groups is 1. The van der Waals surface area contributed by atoms with Crippen molar-refractivity contribution in [2.75, 3.05) is 32.1 Å². The molecule has 1 aromatic carbocycles. The van der Waals surface area contributed by atoms with Gasteiger partial charge in [-0.15, -0.1) is 0 Å². The molecule has 1 heterocycles. The number of hydrogen-bond acceptors (Lipinski definition) is 4. The van der Waals surface area contributed by atoms with Crippen molar-refractivity contribution in [1.29, 1.82) is 0 Å². The first-order chi connectivity index (χ1) is 9.22. The molecule has 5 heteroatoms. The molecule has 19 heavy (non-hydrogen) atoms. The van der Waals surface area contributed by atoms with Gasteiger partial charge in [0.1, 0.15) is 12.4 Å².